The van der Waals surface area contributed by atoms with Crippen molar-refractivity contribution in [3.63, 3.8) is 0 Å². The smallest absolute Gasteiger partial charge is 0.307 e. The number of alkyl halides is 3. The molecule has 0 unspecified atom stereocenters. The Kier molecular flexibility index (Phi) is 4.65. The lowest BCUT2D eigenvalue weighted by atomic mass is 10.2. The summed E-state index contributed by atoms with van der Waals surface area (Å²) in [6.07, 6.45) is 1.35. The van der Waals surface area contributed by atoms with Gasteiger partial charge in [0.2, 0.25) is 0 Å². The molecule has 0 aliphatic rings. The van der Waals surface area contributed by atoms with Gasteiger partial charge in [0.25, 0.3) is 0 Å². The van der Waals surface area contributed by atoms with Gasteiger partial charge in [-0.2, -0.15) is 23.4 Å². The first-order valence-corrected chi connectivity index (χ1v) is 7.58. The minimum absolute atomic E-state index is 0.164. The first-order chi connectivity index (χ1) is 12.3. The molecular weight excluding hydrogens is 349 g/mol. The van der Waals surface area contributed by atoms with Gasteiger partial charge < -0.3 is 10.6 Å². The summed E-state index contributed by atoms with van der Waals surface area (Å²) in [6.45, 7) is 0.605. The van der Waals surface area contributed by atoms with E-state index in [0.717, 1.165) is 23.6 Å². The molecule has 10 heteroatoms. The molecule has 2 amide bonds. The zero-order valence-corrected chi connectivity index (χ0v) is 13.7. The second-order valence-electron chi connectivity index (χ2n) is 5.57. The maximum atomic E-state index is 12.3. The van der Waals surface area contributed by atoms with Crippen molar-refractivity contribution in [2.75, 3.05) is 10.6 Å². The molecule has 0 aliphatic heterocycles. The van der Waals surface area contributed by atoms with Crippen molar-refractivity contribution in [1.82, 2.24) is 19.6 Å². The number of halogens is 3. The van der Waals surface area contributed by atoms with E-state index in [-0.39, 0.29) is 5.69 Å². The number of aryl methyl sites for hydroxylation is 1. The SMILES string of the molecule is Cc1cc(-n2cccn2)ccc1NC(=O)Nc1cnn(CC(F)(F)F)c1. The van der Waals surface area contributed by atoms with Crippen LogP contribution >= 0.6 is 0 Å². The van der Waals surface area contributed by atoms with E-state index in [1.165, 1.54) is 0 Å². The predicted octanol–water partition coefficient (Wildman–Crippen LogP) is 3.58. The molecule has 26 heavy (non-hydrogen) atoms. The number of carbonyl (C=O) groups excluding carboxylic acids is 1. The normalized spacial score (nSPS) is 11.4. The van der Waals surface area contributed by atoms with E-state index in [2.05, 4.69) is 20.8 Å². The van der Waals surface area contributed by atoms with Crippen LogP contribution in [0.15, 0.2) is 49.1 Å². The highest BCUT2D eigenvalue weighted by Gasteiger charge is 2.28. The lowest BCUT2D eigenvalue weighted by Gasteiger charge is -2.11. The number of nitrogens with zero attached hydrogens (tertiary/aromatic N) is 4. The summed E-state index contributed by atoms with van der Waals surface area (Å²) in [4.78, 5) is 12.0. The van der Waals surface area contributed by atoms with E-state index in [4.69, 9.17) is 0 Å². The molecule has 3 rings (SSSR count). The summed E-state index contributed by atoms with van der Waals surface area (Å²) in [7, 11) is 0. The molecule has 0 bridgehead atoms. The number of benzene rings is 1. The predicted molar refractivity (Wildman–Crippen MR) is 89.2 cm³/mol. The lowest BCUT2D eigenvalue weighted by Crippen LogP contribution is -2.20. The van der Waals surface area contributed by atoms with Crippen molar-refractivity contribution < 1.29 is 18.0 Å². The highest BCUT2D eigenvalue weighted by molar-refractivity contribution is 6.00. The van der Waals surface area contributed by atoms with Gasteiger partial charge in [-0.15, -0.1) is 0 Å². The van der Waals surface area contributed by atoms with Gasteiger partial charge in [-0.05, 0) is 36.8 Å². The highest BCUT2D eigenvalue weighted by Crippen LogP contribution is 2.20. The molecule has 0 aliphatic carbocycles. The Morgan fingerprint density at radius 3 is 2.69 bits per heavy atom. The van der Waals surface area contributed by atoms with Crippen molar-refractivity contribution in [2.45, 2.75) is 19.6 Å². The number of hydrogen-bond donors (Lipinski definition) is 2. The average molecular weight is 364 g/mol. The third-order valence-electron chi connectivity index (χ3n) is 3.46. The van der Waals surface area contributed by atoms with Gasteiger partial charge in [0.1, 0.15) is 6.54 Å². The van der Waals surface area contributed by atoms with Crippen molar-refractivity contribution >= 4 is 17.4 Å². The summed E-state index contributed by atoms with van der Waals surface area (Å²) in [5.41, 5.74) is 2.38. The minimum Gasteiger partial charge on any atom is -0.307 e. The molecule has 0 saturated heterocycles. The Hall–Kier alpha value is -3.30. The van der Waals surface area contributed by atoms with Crippen LogP contribution in [0.25, 0.3) is 5.69 Å². The summed E-state index contributed by atoms with van der Waals surface area (Å²) >= 11 is 0. The number of hydrogen-bond acceptors (Lipinski definition) is 3. The molecule has 0 atom stereocenters. The topological polar surface area (TPSA) is 76.8 Å². The lowest BCUT2D eigenvalue weighted by molar-refractivity contribution is -0.142. The van der Waals surface area contributed by atoms with Crippen molar-refractivity contribution in [2.24, 2.45) is 0 Å². The second kappa shape index (κ2) is 6.90. The first kappa shape index (κ1) is 17.5. The Balaban J connectivity index is 1.63. The Bertz CT molecular complexity index is 901. The van der Waals surface area contributed by atoms with Crippen LogP contribution in [-0.4, -0.2) is 31.8 Å². The summed E-state index contributed by atoms with van der Waals surface area (Å²) in [5.74, 6) is 0. The Morgan fingerprint density at radius 1 is 1.23 bits per heavy atom. The van der Waals surface area contributed by atoms with Gasteiger partial charge in [0.05, 0.1) is 17.6 Å². The molecule has 0 spiro atoms. The highest BCUT2D eigenvalue weighted by atomic mass is 19.4. The summed E-state index contributed by atoms with van der Waals surface area (Å²) in [5, 5.41) is 12.8. The number of rotatable bonds is 4. The number of amides is 2. The molecule has 0 saturated carbocycles. The fraction of sp³-hybridized carbons (Fsp3) is 0.188. The van der Waals surface area contributed by atoms with Crippen LogP contribution in [0.2, 0.25) is 0 Å². The van der Waals surface area contributed by atoms with E-state index in [1.807, 2.05) is 13.0 Å². The van der Waals surface area contributed by atoms with Gasteiger partial charge in [0.15, 0.2) is 0 Å². The molecule has 3 aromatic rings. The zero-order chi connectivity index (χ0) is 18.7. The van der Waals surface area contributed by atoms with Gasteiger partial charge in [-0.1, -0.05) is 0 Å². The molecule has 136 valence electrons. The standard InChI is InChI=1S/C16H15F3N6O/c1-11-7-13(25-6-2-5-20-25)3-4-14(11)23-15(26)22-12-8-21-24(9-12)10-16(17,18)19/h2-9H,10H2,1H3,(H2,22,23,26). The average Bonchev–Trinajstić information content (AvgIpc) is 3.20. The molecule has 2 heterocycles. The van der Waals surface area contributed by atoms with Crippen LogP contribution in [0, 0.1) is 6.92 Å². The van der Waals surface area contributed by atoms with Crippen LogP contribution in [0.5, 0.6) is 0 Å². The van der Waals surface area contributed by atoms with Crippen LogP contribution in [0.4, 0.5) is 29.3 Å². The maximum absolute atomic E-state index is 12.3. The first-order valence-electron chi connectivity index (χ1n) is 7.58. The van der Waals surface area contributed by atoms with Crippen LogP contribution < -0.4 is 10.6 Å². The second-order valence-corrected chi connectivity index (χ2v) is 5.57. The van der Waals surface area contributed by atoms with E-state index >= 15 is 0 Å². The number of aromatic nitrogens is 4. The van der Waals surface area contributed by atoms with Crippen LogP contribution in [0.3, 0.4) is 0 Å². The maximum Gasteiger partial charge on any atom is 0.408 e. The van der Waals surface area contributed by atoms with Gasteiger partial charge in [-0.3, -0.25) is 4.68 Å². The van der Waals surface area contributed by atoms with E-state index in [0.29, 0.717) is 10.4 Å². The largest absolute Gasteiger partial charge is 0.408 e. The summed E-state index contributed by atoms with van der Waals surface area (Å²) in [6, 6.07) is 6.58. The molecule has 2 N–H and O–H groups in total. The molecule has 1 aromatic carbocycles. The molecule has 2 aromatic heterocycles. The fourth-order valence-electron chi connectivity index (χ4n) is 2.34. The minimum atomic E-state index is -4.38. The van der Waals surface area contributed by atoms with Crippen LogP contribution in [-0.2, 0) is 6.54 Å². The number of anilines is 2. The van der Waals surface area contributed by atoms with Gasteiger partial charge in [-0.25, -0.2) is 9.48 Å². The quantitative estimate of drug-likeness (QED) is 0.743. The zero-order valence-electron chi connectivity index (χ0n) is 13.7. The van der Waals surface area contributed by atoms with Crippen molar-refractivity contribution in [3.8, 4) is 5.69 Å². The molecule has 7 nitrogen and oxygen atoms in total. The molecule has 0 radical (unpaired) electrons. The number of carbonyl (C=O) groups is 1. The van der Waals surface area contributed by atoms with E-state index in [9.17, 15) is 18.0 Å². The third-order valence-corrected chi connectivity index (χ3v) is 3.46. The molecule has 0 fully saturated rings. The van der Waals surface area contributed by atoms with Crippen molar-refractivity contribution in [1.29, 1.82) is 0 Å². The Morgan fingerprint density at radius 2 is 2.04 bits per heavy atom. The van der Waals surface area contributed by atoms with Gasteiger partial charge >= 0.3 is 12.2 Å². The van der Waals surface area contributed by atoms with Crippen LogP contribution in [0.1, 0.15) is 5.56 Å². The third kappa shape index (κ3) is 4.41. The monoisotopic (exact) mass is 364 g/mol. The van der Waals surface area contributed by atoms with Crippen molar-refractivity contribution in [3.05, 3.63) is 54.6 Å². The number of urea groups is 1. The van der Waals surface area contributed by atoms with E-state index < -0.39 is 18.8 Å². The van der Waals surface area contributed by atoms with Gasteiger partial charge in [0, 0.05) is 24.3 Å². The Labute approximate surface area is 146 Å². The summed E-state index contributed by atoms with van der Waals surface area (Å²) < 4.78 is 39.3. The van der Waals surface area contributed by atoms with E-state index in [1.54, 1.807) is 35.3 Å². The number of nitrogens with one attached hydrogen (secondary N) is 2. The fourth-order valence-corrected chi connectivity index (χ4v) is 2.34. The molecular formula is C16H15F3N6O.